The van der Waals surface area contributed by atoms with E-state index in [9.17, 15) is 9.90 Å². The van der Waals surface area contributed by atoms with Gasteiger partial charge in [0.1, 0.15) is 30.5 Å². The summed E-state index contributed by atoms with van der Waals surface area (Å²) in [7, 11) is 1.65. The van der Waals surface area contributed by atoms with Gasteiger partial charge in [0.25, 0.3) is 0 Å². The Kier molecular flexibility index (Phi) is 8.04. The number of ether oxygens (including phenoxy) is 3. The third-order valence-corrected chi connectivity index (χ3v) is 4.96. The highest BCUT2D eigenvalue weighted by Gasteiger charge is 2.21. The summed E-state index contributed by atoms with van der Waals surface area (Å²) >= 11 is 0. The van der Waals surface area contributed by atoms with Crippen LogP contribution >= 0.6 is 0 Å². The van der Waals surface area contributed by atoms with Crippen LogP contribution in [0.3, 0.4) is 0 Å². The van der Waals surface area contributed by atoms with Gasteiger partial charge in [0.05, 0.1) is 13.2 Å². The van der Waals surface area contributed by atoms with Crippen LogP contribution in [0.4, 0.5) is 0 Å². The van der Waals surface area contributed by atoms with Gasteiger partial charge in [0.2, 0.25) is 0 Å². The standard InChI is InChI=1S/C23H29NO5/c1-27-21-9-7-18(8-10-21)13-24(15-23-6-3-11-28-23)14-20(26)17-29-22-5-2-4-19(12-22)16-25/h2,4-5,7-10,12,16,20,23,26H,3,6,11,13-15,17H2,1H3. The molecule has 156 valence electrons. The minimum Gasteiger partial charge on any atom is -0.497 e. The van der Waals surface area contributed by atoms with Crippen LogP contribution in [0.5, 0.6) is 11.5 Å². The van der Waals surface area contributed by atoms with E-state index in [4.69, 9.17) is 14.2 Å². The second-order valence-corrected chi connectivity index (χ2v) is 7.33. The summed E-state index contributed by atoms with van der Waals surface area (Å²) in [4.78, 5) is 13.1. The van der Waals surface area contributed by atoms with Crippen LogP contribution in [0.2, 0.25) is 0 Å². The van der Waals surface area contributed by atoms with E-state index < -0.39 is 6.10 Å². The highest BCUT2D eigenvalue weighted by atomic mass is 16.5. The quantitative estimate of drug-likeness (QED) is 0.586. The number of hydrogen-bond donors (Lipinski definition) is 1. The van der Waals surface area contributed by atoms with Crippen molar-refractivity contribution < 1.29 is 24.1 Å². The second-order valence-electron chi connectivity index (χ2n) is 7.33. The molecule has 2 aromatic rings. The van der Waals surface area contributed by atoms with Crippen LogP contribution in [0, 0.1) is 0 Å². The van der Waals surface area contributed by atoms with E-state index >= 15 is 0 Å². The molecule has 1 aliphatic rings. The van der Waals surface area contributed by atoms with Gasteiger partial charge >= 0.3 is 0 Å². The van der Waals surface area contributed by atoms with E-state index in [1.165, 1.54) is 0 Å². The predicted octanol–water partition coefficient (Wildman–Crippen LogP) is 2.93. The molecule has 2 aromatic carbocycles. The molecule has 6 heteroatoms. The second kappa shape index (κ2) is 11.0. The first-order valence-electron chi connectivity index (χ1n) is 9.99. The van der Waals surface area contributed by atoms with Crippen molar-refractivity contribution in [3.8, 4) is 11.5 Å². The summed E-state index contributed by atoms with van der Waals surface area (Å²) < 4.78 is 16.7. The van der Waals surface area contributed by atoms with Crippen molar-refractivity contribution in [3.63, 3.8) is 0 Å². The molecule has 1 fully saturated rings. The first kappa shape index (κ1) is 21.3. The number of nitrogens with zero attached hydrogens (tertiary/aromatic N) is 1. The summed E-state index contributed by atoms with van der Waals surface area (Å²) in [5, 5.41) is 10.5. The topological polar surface area (TPSA) is 68.2 Å². The Morgan fingerprint density at radius 1 is 1.24 bits per heavy atom. The van der Waals surface area contributed by atoms with Gasteiger partial charge in [0, 0.05) is 31.8 Å². The third kappa shape index (κ3) is 6.85. The summed E-state index contributed by atoms with van der Waals surface area (Å²) in [5.74, 6) is 1.40. The monoisotopic (exact) mass is 399 g/mol. The Balaban J connectivity index is 1.57. The van der Waals surface area contributed by atoms with Crippen molar-refractivity contribution in [3.05, 3.63) is 59.7 Å². The molecule has 2 atom stereocenters. The number of benzene rings is 2. The SMILES string of the molecule is COc1ccc(CN(CC(O)COc2cccc(C=O)c2)CC2CCCO2)cc1. The van der Waals surface area contributed by atoms with E-state index in [1.807, 2.05) is 24.3 Å². The number of carbonyl (C=O) groups is 1. The summed E-state index contributed by atoms with van der Waals surface area (Å²) in [6.07, 6.45) is 2.45. The Morgan fingerprint density at radius 2 is 2.07 bits per heavy atom. The van der Waals surface area contributed by atoms with Crippen molar-refractivity contribution in [2.24, 2.45) is 0 Å². The number of carbonyl (C=O) groups excluding carboxylic acids is 1. The highest BCUT2D eigenvalue weighted by molar-refractivity contribution is 5.75. The van der Waals surface area contributed by atoms with E-state index in [-0.39, 0.29) is 12.7 Å². The molecule has 1 aliphatic heterocycles. The molecular formula is C23H29NO5. The molecule has 2 unspecified atom stereocenters. The molecule has 1 saturated heterocycles. The lowest BCUT2D eigenvalue weighted by molar-refractivity contribution is 0.0313. The zero-order valence-corrected chi connectivity index (χ0v) is 16.8. The molecule has 1 heterocycles. The molecule has 0 saturated carbocycles. The molecule has 0 bridgehead atoms. The van der Waals surface area contributed by atoms with Crippen molar-refractivity contribution in [1.82, 2.24) is 4.90 Å². The number of methoxy groups -OCH3 is 1. The van der Waals surface area contributed by atoms with E-state index in [1.54, 1.807) is 31.4 Å². The van der Waals surface area contributed by atoms with E-state index in [2.05, 4.69) is 4.90 Å². The van der Waals surface area contributed by atoms with Crippen molar-refractivity contribution in [1.29, 1.82) is 0 Å². The fourth-order valence-corrected chi connectivity index (χ4v) is 3.49. The van der Waals surface area contributed by atoms with Crippen LogP contribution in [0.15, 0.2) is 48.5 Å². The van der Waals surface area contributed by atoms with E-state index in [0.29, 0.717) is 24.4 Å². The molecule has 0 amide bonds. The molecule has 0 aliphatic carbocycles. The maximum atomic E-state index is 10.9. The molecule has 0 aromatic heterocycles. The Bertz CT molecular complexity index is 758. The van der Waals surface area contributed by atoms with Crippen LogP contribution in [0.1, 0.15) is 28.8 Å². The fraction of sp³-hybridized carbons (Fsp3) is 0.435. The lowest BCUT2D eigenvalue weighted by atomic mass is 10.1. The number of aliphatic hydroxyl groups is 1. The maximum absolute atomic E-state index is 10.9. The van der Waals surface area contributed by atoms with Gasteiger partial charge in [-0.3, -0.25) is 9.69 Å². The van der Waals surface area contributed by atoms with Gasteiger partial charge in [-0.05, 0) is 42.7 Å². The minimum absolute atomic E-state index is 0.160. The first-order valence-corrected chi connectivity index (χ1v) is 9.99. The van der Waals surface area contributed by atoms with Gasteiger partial charge in [-0.15, -0.1) is 0 Å². The Labute approximate surface area is 172 Å². The number of rotatable bonds is 11. The third-order valence-electron chi connectivity index (χ3n) is 4.96. The van der Waals surface area contributed by atoms with Crippen molar-refractivity contribution in [2.75, 3.05) is 33.4 Å². The number of hydrogen-bond acceptors (Lipinski definition) is 6. The van der Waals surface area contributed by atoms with Crippen LogP contribution < -0.4 is 9.47 Å². The Morgan fingerprint density at radius 3 is 2.76 bits per heavy atom. The molecule has 6 nitrogen and oxygen atoms in total. The molecule has 3 rings (SSSR count). The molecule has 0 radical (unpaired) electrons. The highest BCUT2D eigenvalue weighted by Crippen LogP contribution is 2.18. The zero-order chi connectivity index (χ0) is 20.5. The van der Waals surface area contributed by atoms with Gasteiger partial charge in [-0.1, -0.05) is 24.3 Å². The number of aldehydes is 1. The van der Waals surface area contributed by atoms with Gasteiger partial charge in [-0.25, -0.2) is 0 Å². The molecule has 29 heavy (non-hydrogen) atoms. The smallest absolute Gasteiger partial charge is 0.150 e. The molecule has 1 N–H and O–H groups in total. The largest absolute Gasteiger partial charge is 0.497 e. The first-order chi connectivity index (χ1) is 14.2. The lowest BCUT2D eigenvalue weighted by Gasteiger charge is -2.27. The average Bonchev–Trinajstić information content (AvgIpc) is 3.26. The van der Waals surface area contributed by atoms with Crippen molar-refractivity contribution in [2.45, 2.75) is 31.6 Å². The van der Waals surface area contributed by atoms with Crippen LogP contribution in [0.25, 0.3) is 0 Å². The van der Waals surface area contributed by atoms with Gasteiger partial charge in [0.15, 0.2) is 0 Å². The maximum Gasteiger partial charge on any atom is 0.150 e. The minimum atomic E-state index is -0.658. The zero-order valence-electron chi connectivity index (χ0n) is 16.8. The van der Waals surface area contributed by atoms with Crippen LogP contribution in [-0.2, 0) is 11.3 Å². The average molecular weight is 399 g/mol. The summed E-state index contributed by atoms with van der Waals surface area (Å²) in [6, 6.07) is 14.9. The van der Waals surface area contributed by atoms with Crippen molar-refractivity contribution >= 4 is 6.29 Å². The van der Waals surface area contributed by atoms with Crippen LogP contribution in [-0.4, -0.2) is 61.9 Å². The summed E-state index contributed by atoms with van der Waals surface area (Å²) in [5.41, 5.74) is 1.70. The molecular weight excluding hydrogens is 370 g/mol. The fourth-order valence-electron chi connectivity index (χ4n) is 3.49. The van der Waals surface area contributed by atoms with E-state index in [0.717, 1.165) is 43.6 Å². The molecule has 0 spiro atoms. The summed E-state index contributed by atoms with van der Waals surface area (Å²) in [6.45, 7) is 2.91. The Hall–Kier alpha value is -2.41. The number of aliphatic hydroxyl groups excluding tert-OH is 1. The van der Waals surface area contributed by atoms with Gasteiger partial charge < -0.3 is 19.3 Å². The predicted molar refractivity (Wildman–Crippen MR) is 111 cm³/mol. The normalized spacial score (nSPS) is 17.3. The van der Waals surface area contributed by atoms with Gasteiger partial charge in [-0.2, -0.15) is 0 Å². The lowest BCUT2D eigenvalue weighted by Crippen LogP contribution is -2.39.